The van der Waals surface area contributed by atoms with Crippen LogP contribution in [0.3, 0.4) is 0 Å². The number of rotatable bonds is 7. The first-order valence-corrected chi connectivity index (χ1v) is 12.8. The number of ether oxygens (including phenoxy) is 1. The number of alkyl halides is 2. The largest absolute Gasteiger partial charge is 0.438 e. The molecule has 9 heteroatoms. The molecule has 5 rings (SSSR count). The molecule has 1 amide bonds. The SMILES string of the molecule is CC(c1ccc(-c2cnc(N3CC(F)(F)C3)nc2)cc1)N1CCC(CC(C)(C)O)(c2ccccc2)OC1=O. The number of carbonyl (C=O) groups is 1. The van der Waals surface area contributed by atoms with Crippen molar-refractivity contribution in [1.29, 1.82) is 0 Å². The van der Waals surface area contributed by atoms with E-state index in [0.717, 1.165) is 22.3 Å². The summed E-state index contributed by atoms with van der Waals surface area (Å²) in [6.45, 7) is 5.18. The summed E-state index contributed by atoms with van der Waals surface area (Å²) in [4.78, 5) is 24.9. The van der Waals surface area contributed by atoms with E-state index in [1.54, 1.807) is 31.1 Å². The van der Waals surface area contributed by atoms with Gasteiger partial charge in [0, 0.05) is 37.3 Å². The molecule has 2 saturated heterocycles. The van der Waals surface area contributed by atoms with Gasteiger partial charge in [0.05, 0.1) is 24.7 Å². The Balaban J connectivity index is 1.28. The molecule has 3 heterocycles. The van der Waals surface area contributed by atoms with E-state index in [1.165, 1.54) is 4.90 Å². The first kappa shape index (κ1) is 26.0. The Labute approximate surface area is 221 Å². The number of hydrogen-bond acceptors (Lipinski definition) is 6. The summed E-state index contributed by atoms with van der Waals surface area (Å²) in [6, 6.07) is 17.1. The number of amides is 1. The fraction of sp³-hybridized carbons (Fsp3) is 0.414. The smallest absolute Gasteiger partial charge is 0.411 e. The molecule has 0 bridgehead atoms. The molecule has 3 aromatic rings. The molecule has 2 fully saturated rings. The summed E-state index contributed by atoms with van der Waals surface area (Å²) in [7, 11) is 0. The summed E-state index contributed by atoms with van der Waals surface area (Å²) in [5.41, 5.74) is 1.58. The molecule has 200 valence electrons. The van der Waals surface area contributed by atoms with Crippen molar-refractivity contribution < 1.29 is 23.4 Å². The van der Waals surface area contributed by atoms with Crippen LogP contribution in [0.2, 0.25) is 0 Å². The molecule has 2 aliphatic rings. The Morgan fingerprint density at radius 2 is 1.66 bits per heavy atom. The molecule has 2 unspecified atom stereocenters. The van der Waals surface area contributed by atoms with Gasteiger partial charge >= 0.3 is 6.09 Å². The van der Waals surface area contributed by atoms with Gasteiger partial charge in [0.1, 0.15) is 5.60 Å². The zero-order valence-corrected chi connectivity index (χ0v) is 21.8. The Kier molecular flexibility index (Phi) is 6.59. The van der Waals surface area contributed by atoms with E-state index >= 15 is 0 Å². The standard InChI is InChI=1S/C29H32F2N4O3/c1-20(35-14-13-28(38-26(35)36,17-27(2,3)37)24-7-5-4-6-8-24)21-9-11-22(12-10-21)23-15-32-25(33-16-23)34-18-29(30,31)19-34/h4-12,15-16,20,37H,13-14,17-19H2,1-3H3. The number of benzene rings is 2. The summed E-state index contributed by atoms with van der Waals surface area (Å²) in [5.74, 6) is -2.38. The van der Waals surface area contributed by atoms with Gasteiger partial charge in [-0.2, -0.15) is 0 Å². The van der Waals surface area contributed by atoms with E-state index < -0.39 is 23.2 Å². The summed E-state index contributed by atoms with van der Waals surface area (Å²) < 4.78 is 32.3. The highest BCUT2D eigenvalue weighted by Crippen LogP contribution is 2.42. The van der Waals surface area contributed by atoms with Crippen LogP contribution in [0.15, 0.2) is 67.0 Å². The maximum absolute atomic E-state index is 13.3. The molecule has 0 spiro atoms. The molecule has 7 nitrogen and oxygen atoms in total. The Hall–Kier alpha value is -3.59. The molecule has 0 aliphatic carbocycles. The molecule has 2 aromatic carbocycles. The van der Waals surface area contributed by atoms with Gasteiger partial charge < -0.3 is 19.6 Å². The number of cyclic esters (lactones) is 1. The number of aromatic nitrogens is 2. The molecule has 0 saturated carbocycles. The normalized spacial score (nSPS) is 22.0. The van der Waals surface area contributed by atoms with Crippen molar-refractivity contribution in [3.8, 4) is 11.1 Å². The molecule has 2 aliphatic heterocycles. The minimum absolute atomic E-state index is 0.223. The molecule has 2 atom stereocenters. The van der Waals surface area contributed by atoms with Crippen LogP contribution in [0, 0.1) is 0 Å². The van der Waals surface area contributed by atoms with E-state index in [-0.39, 0.29) is 19.1 Å². The second kappa shape index (κ2) is 9.62. The highest BCUT2D eigenvalue weighted by atomic mass is 19.3. The number of nitrogens with zero attached hydrogens (tertiary/aromatic N) is 4. The number of carbonyl (C=O) groups excluding carboxylic acids is 1. The van der Waals surface area contributed by atoms with Gasteiger partial charge in [-0.25, -0.2) is 23.5 Å². The van der Waals surface area contributed by atoms with E-state index in [1.807, 2.05) is 61.5 Å². The van der Waals surface area contributed by atoms with Crippen LogP contribution in [0.4, 0.5) is 19.5 Å². The number of aliphatic hydroxyl groups is 1. The highest BCUT2D eigenvalue weighted by Gasteiger charge is 2.46. The molecule has 0 radical (unpaired) electrons. The molecular formula is C29H32F2N4O3. The van der Waals surface area contributed by atoms with Crippen molar-refractivity contribution in [3.63, 3.8) is 0 Å². The third-order valence-corrected chi connectivity index (χ3v) is 7.25. The summed E-state index contributed by atoms with van der Waals surface area (Å²) in [6.07, 6.45) is 3.70. The highest BCUT2D eigenvalue weighted by molar-refractivity contribution is 5.70. The van der Waals surface area contributed by atoms with Crippen molar-refractivity contribution in [2.45, 2.75) is 56.8 Å². The maximum atomic E-state index is 13.3. The van der Waals surface area contributed by atoms with E-state index in [2.05, 4.69) is 9.97 Å². The van der Waals surface area contributed by atoms with Crippen molar-refractivity contribution in [3.05, 3.63) is 78.1 Å². The number of halogens is 2. The zero-order valence-electron chi connectivity index (χ0n) is 21.8. The summed E-state index contributed by atoms with van der Waals surface area (Å²) in [5, 5.41) is 10.6. The van der Waals surface area contributed by atoms with E-state index in [9.17, 15) is 18.7 Å². The predicted octanol–water partition coefficient (Wildman–Crippen LogP) is 5.56. The lowest BCUT2D eigenvalue weighted by atomic mass is 9.80. The first-order chi connectivity index (χ1) is 17.9. The lowest BCUT2D eigenvalue weighted by Crippen LogP contribution is -2.57. The minimum atomic E-state index is -2.67. The topological polar surface area (TPSA) is 78.8 Å². The van der Waals surface area contributed by atoms with Gasteiger partial charge in [-0.15, -0.1) is 0 Å². The van der Waals surface area contributed by atoms with Gasteiger partial charge in [0.25, 0.3) is 5.92 Å². The summed E-state index contributed by atoms with van der Waals surface area (Å²) >= 11 is 0. The molecule has 1 aromatic heterocycles. The van der Waals surface area contributed by atoms with Gasteiger partial charge in [-0.3, -0.25) is 0 Å². The van der Waals surface area contributed by atoms with Gasteiger partial charge in [-0.05, 0) is 37.5 Å². The zero-order chi connectivity index (χ0) is 27.1. The van der Waals surface area contributed by atoms with Crippen LogP contribution in [0.25, 0.3) is 11.1 Å². The van der Waals surface area contributed by atoms with Gasteiger partial charge in [0.15, 0.2) is 0 Å². The van der Waals surface area contributed by atoms with Crippen molar-refractivity contribution >= 4 is 12.0 Å². The van der Waals surface area contributed by atoms with E-state index in [4.69, 9.17) is 4.74 Å². The number of anilines is 1. The average molecular weight is 523 g/mol. The van der Waals surface area contributed by atoms with Crippen molar-refractivity contribution in [2.75, 3.05) is 24.5 Å². The Morgan fingerprint density at radius 1 is 1.03 bits per heavy atom. The third kappa shape index (κ3) is 5.34. The first-order valence-electron chi connectivity index (χ1n) is 12.8. The predicted molar refractivity (Wildman–Crippen MR) is 140 cm³/mol. The quantitative estimate of drug-likeness (QED) is 0.438. The van der Waals surface area contributed by atoms with Crippen LogP contribution in [-0.2, 0) is 10.3 Å². The van der Waals surface area contributed by atoms with Gasteiger partial charge in [0.2, 0.25) is 5.95 Å². The molecule has 38 heavy (non-hydrogen) atoms. The second-order valence-corrected chi connectivity index (χ2v) is 10.9. The van der Waals surface area contributed by atoms with Crippen molar-refractivity contribution in [2.24, 2.45) is 0 Å². The van der Waals surface area contributed by atoms with E-state index in [0.29, 0.717) is 25.3 Å². The monoisotopic (exact) mass is 522 g/mol. The van der Waals surface area contributed by atoms with Crippen LogP contribution in [-0.4, -0.2) is 57.2 Å². The minimum Gasteiger partial charge on any atom is -0.438 e. The lowest BCUT2D eigenvalue weighted by Gasteiger charge is -2.45. The number of hydrogen-bond donors (Lipinski definition) is 1. The van der Waals surface area contributed by atoms with Crippen molar-refractivity contribution in [1.82, 2.24) is 14.9 Å². The van der Waals surface area contributed by atoms with Gasteiger partial charge in [-0.1, -0.05) is 54.6 Å². The van der Waals surface area contributed by atoms with Crippen LogP contribution < -0.4 is 4.90 Å². The fourth-order valence-corrected chi connectivity index (χ4v) is 5.31. The van der Waals surface area contributed by atoms with Crippen LogP contribution in [0.1, 0.15) is 50.8 Å². The third-order valence-electron chi connectivity index (χ3n) is 7.25. The molecular weight excluding hydrogens is 490 g/mol. The Morgan fingerprint density at radius 3 is 2.21 bits per heavy atom. The van der Waals surface area contributed by atoms with Crippen LogP contribution in [0.5, 0.6) is 0 Å². The fourth-order valence-electron chi connectivity index (χ4n) is 5.31. The Bertz CT molecular complexity index is 1270. The van der Waals surface area contributed by atoms with Crippen LogP contribution >= 0.6 is 0 Å². The lowest BCUT2D eigenvalue weighted by molar-refractivity contribution is -0.101. The second-order valence-electron chi connectivity index (χ2n) is 10.9. The molecule has 1 N–H and O–H groups in total. The average Bonchev–Trinajstić information content (AvgIpc) is 2.87. The maximum Gasteiger partial charge on any atom is 0.411 e.